The summed E-state index contributed by atoms with van der Waals surface area (Å²) in [4.78, 5) is 19.1. The van der Waals surface area contributed by atoms with Crippen LogP contribution in [0.25, 0.3) is 0 Å². The van der Waals surface area contributed by atoms with Gasteiger partial charge >= 0.3 is 0 Å². The summed E-state index contributed by atoms with van der Waals surface area (Å²) in [6, 6.07) is 11.4. The lowest BCUT2D eigenvalue weighted by Gasteiger charge is -2.25. The molecular weight excluding hydrogens is 461 g/mol. The molecule has 2 heterocycles. The van der Waals surface area contributed by atoms with E-state index in [1.54, 1.807) is 24.0 Å². The number of aliphatic imine (C=N–C) groups is 3. The van der Waals surface area contributed by atoms with Crippen molar-refractivity contribution in [2.24, 2.45) is 20.9 Å². The molecular formula is C26H34FN7S. The zero-order chi connectivity index (χ0) is 25.0. The number of para-hydroxylation sites is 1. The van der Waals surface area contributed by atoms with E-state index in [0.29, 0.717) is 23.2 Å². The standard InChI is InChI=1S/C26H34FN7S/c1-19(16-34(4)24-10-6-5-8-20(24)2)14-29-13-11-25-33-23(17-35-25)26(32-18-28-3)31-15-22-21(27)9-7-12-30-22/h5-10,12,18-19,29,31H,3,11,13-17H2,1-2,4H3/b26-23+,32-18-. The van der Waals surface area contributed by atoms with Crippen LogP contribution in [0, 0.1) is 18.7 Å². The average Bonchev–Trinajstić information content (AvgIpc) is 3.32. The lowest BCUT2D eigenvalue weighted by molar-refractivity contribution is 0.519. The maximum atomic E-state index is 13.9. The molecule has 0 fully saturated rings. The Labute approximate surface area is 211 Å². The second-order valence-electron chi connectivity index (χ2n) is 8.53. The van der Waals surface area contributed by atoms with Gasteiger partial charge in [0, 0.05) is 44.2 Å². The first-order chi connectivity index (χ1) is 17.0. The fraction of sp³-hybridized carbons (Fsp3) is 0.385. The quantitative estimate of drug-likeness (QED) is 0.244. The number of hydrogen-bond acceptors (Lipinski definition) is 7. The molecule has 7 nitrogen and oxygen atoms in total. The number of thioether (sulfide) groups is 1. The van der Waals surface area contributed by atoms with Crippen molar-refractivity contribution in [2.75, 3.05) is 37.3 Å². The number of anilines is 1. The van der Waals surface area contributed by atoms with Gasteiger partial charge in [0.05, 0.1) is 23.0 Å². The Morgan fingerprint density at radius 2 is 2.14 bits per heavy atom. The highest BCUT2D eigenvalue weighted by molar-refractivity contribution is 8.14. The van der Waals surface area contributed by atoms with Gasteiger partial charge in [-0.1, -0.05) is 25.1 Å². The molecule has 1 atom stereocenters. The van der Waals surface area contributed by atoms with Crippen LogP contribution in [-0.2, 0) is 6.54 Å². The summed E-state index contributed by atoms with van der Waals surface area (Å²) in [5.74, 6) is 1.42. The summed E-state index contributed by atoms with van der Waals surface area (Å²) in [6.07, 6.45) is 3.77. The van der Waals surface area contributed by atoms with Crippen molar-refractivity contribution in [2.45, 2.75) is 26.8 Å². The van der Waals surface area contributed by atoms with Crippen molar-refractivity contribution in [3.63, 3.8) is 0 Å². The van der Waals surface area contributed by atoms with Crippen LogP contribution in [0.3, 0.4) is 0 Å². The Kier molecular flexibility index (Phi) is 10.4. The smallest absolute Gasteiger partial charge is 0.150 e. The Balaban J connectivity index is 1.48. The highest BCUT2D eigenvalue weighted by Gasteiger charge is 2.17. The monoisotopic (exact) mass is 495 g/mol. The number of rotatable bonds is 13. The van der Waals surface area contributed by atoms with Crippen LogP contribution < -0.4 is 15.5 Å². The molecule has 0 aliphatic carbocycles. The van der Waals surface area contributed by atoms with Crippen LogP contribution in [0.4, 0.5) is 10.1 Å². The third kappa shape index (κ3) is 8.29. The Morgan fingerprint density at radius 1 is 1.31 bits per heavy atom. The fourth-order valence-corrected chi connectivity index (χ4v) is 4.74. The van der Waals surface area contributed by atoms with E-state index in [9.17, 15) is 4.39 Å². The van der Waals surface area contributed by atoms with E-state index >= 15 is 0 Å². The second kappa shape index (κ2) is 13.7. The molecule has 2 aromatic rings. The van der Waals surface area contributed by atoms with E-state index in [4.69, 9.17) is 4.99 Å². The lowest BCUT2D eigenvalue weighted by atomic mass is 10.1. The number of aromatic nitrogens is 1. The van der Waals surface area contributed by atoms with Crippen molar-refractivity contribution >= 4 is 35.5 Å². The first-order valence-electron chi connectivity index (χ1n) is 11.7. The van der Waals surface area contributed by atoms with Crippen LogP contribution >= 0.6 is 11.8 Å². The minimum absolute atomic E-state index is 0.214. The summed E-state index contributed by atoms with van der Waals surface area (Å²) in [6.45, 7) is 10.8. The van der Waals surface area contributed by atoms with Crippen molar-refractivity contribution < 1.29 is 4.39 Å². The van der Waals surface area contributed by atoms with Crippen molar-refractivity contribution in [1.29, 1.82) is 0 Å². The van der Waals surface area contributed by atoms with Gasteiger partial charge in [0.25, 0.3) is 0 Å². The maximum absolute atomic E-state index is 13.9. The molecule has 2 N–H and O–H groups in total. The SMILES string of the molecule is C=N/C=N\C(NCc1ncccc1F)=C1/CSC(CCNCC(C)CN(C)c2ccccc2C)=N1. The molecule has 186 valence electrons. The number of nitrogens with zero attached hydrogens (tertiary/aromatic N) is 5. The molecule has 0 bridgehead atoms. The second-order valence-corrected chi connectivity index (χ2v) is 9.58. The number of nitrogens with one attached hydrogen (secondary N) is 2. The van der Waals surface area contributed by atoms with Gasteiger partial charge in [-0.25, -0.2) is 14.4 Å². The molecule has 9 heteroatoms. The molecule has 1 aliphatic heterocycles. The van der Waals surface area contributed by atoms with Gasteiger partial charge in [0.1, 0.15) is 12.2 Å². The minimum Gasteiger partial charge on any atom is -0.374 e. The summed E-state index contributed by atoms with van der Waals surface area (Å²) in [5, 5.41) is 7.76. The molecule has 1 unspecified atom stereocenters. The van der Waals surface area contributed by atoms with Crippen LogP contribution in [-0.4, -0.2) is 55.5 Å². The van der Waals surface area contributed by atoms with Crippen LogP contribution in [0.5, 0.6) is 0 Å². The Bertz CT molecular complexity index is 1080. The minimum atomic E-state index is -0.356. The lowest BCUT2D eigenvalue weighted by Crippen LogP contribution is -2.32. The van der Waals surface area contributed by atoms with Gasteiger partial charge in [-0.2, -0.15) is 0 Å². The highest BCUT2D eigenvalue weighted by atomic mass is 32.2. The van der Waals surface area contributed by atoms with Gasteiger partial charge < -0.3 is 15.5 Å². The first kappa shape index (κ1) is 26.6. The van der Waals surface area contributed by atoms with E-state index < -0.39 is 0 Å². The van der Waals surface area contributed by atoms with Crippen molar-refractivity contribution in [3.05, 3.63) is 71.2 Å². The van der Waals surface area contributed by atoms with Crippen molar-refractivity contribution in [1.82, 2.24) is 15.6 Å². The third-order valence-electron chi connectivity index (χ3n) is 5.56. The molecule has 0 radical (unpaired) electrons. The molecule has 1 aromatic carbocycles. The predicted molar refractivity (Wildman–Crippen MR) is 147 cm³/mol. The molecule has 3 rings (SSSR count). The maximum Gasteiger partial charge on any atom is 0.150 e. The number of pyridine rings is 1. The number of hydrogen-bond donors (Lipinski definition) is 2. The van der Waals surface area contributed by atoms with Gasteiger partial charge in [-0.15, -0.1) is 11.8 Å². The molecule has 1 aromatic heterocycles. The van der Waals surface area contributed by atoms with Gasteiger partial charge in [0.15, 0.2) is 5.82 Å². The third-order valence-corrected chi connectivity index (χ3v) is 6.60. The summed E-state index contributed by atoms with van der Waals surface area (Å²) >= 11 is 1.70. The van der Waals surface area contributed by atoms with Crippen molar-refractivity contribution in [3.8, 4) is 0 Å². The molecule has 0 saturated heterocycles. The number of halogens is 1. The molecule has 0 spiro atoms. The molecule has 0 saturated carbocycles. The highest BCUT2D eigenvalue weighted by Crippen LogP contribution is 2.25. The van der Waals surface area contributed by atoms with E-state index in [-0.39, 0.29) is 12.4 Å². The van der Waals surface area contributed by atoms with E-state index in [0.717, 1.165) is 36.8 Å². The van der Waals surface area contributed by atoms with Crippen LogP contribution in [0.15, 0.2) is 69.1 Å². The van der Waals surface area contributed by atoms with E-state index in [1.165, 1.54) is 23.7 Å². The molecule has 0 amide bonds. The van der Waals surface area contributed by atoms with Crippen LogP contribution in [0.2, 0.25) is 0 Å². The van der Waals surface area contributed by atoms with E-state index in [1.807, 2.05) is 0 Å². The number of aryl methyl sites for hydroxylation is 1. The predicted octanol–water partition coefficient (Wildman–Crippen LogP) is 4.41. The first-order valence-corrected chi connectivity index (χ1v) is 12.7. The Morgan fingerprint density at radius 3 is 2.91 bits per heavy atom. The van der Waals surface area contributed by atoms with Gasteiger partial charge in [-0.3, -0.25) is 9.98 Å². The van der Waals surface area contributed by atoms with Crippen LogP contribution in [0.1, 0.15) is 24.6 Å². The summed E-state index contributed by atoms with van der Waals surface area (Å²) < 4.78 is 13.9. The summed E-state index contributed by atoms with van der Waals surface area (Å²) in [5.41, 5.74) is 3.71. The average molecular weight is 496 g/mol. The zero-order valence-electron chi connectivity index (χ0n) is 20.7. The van der Waals surface area contributed by atoms with E-state index in [2.05, 4.69) is 82.4 Å². The summed E-state index contributed by atoms with van der Waals surface area (Å²) in [7, 11) is 2.15. The zero-order valence-corrected chi connectivity index (χ0v) is 21.5. The van der Waals surface area contributed by atoms with Gasteiger partial charge in [-0.05, 0) is 49.9 Å². The largest absolute Gasteiger partial charge is 0.374 e. The fourth-order valence-electron chi connectivity index (χ4n) is 3.82. The molecule has 35 heavy (non-hydrogen) atoms. The Hall–Kier alpha value is -3.04. The molecule has 1 aliphatic rings. The normalized spacial score (nSPS) is 15.7. The topological polar surface area (TPSA) is 77.3 Å². The number of benzene rings is 1. The van der Waals surface area contributed by atoms with Gasteiger partial charge in [0.2, 0.25) is 0 Å².